The van der Waals surface area contributed by atoms with E-state index in [0.717, 1.165) is 55.7 Å². The van der Waals surface area contributed by atoms with Crippen LogP contribution in [0.5, 0.6) is 0 Å². The fourth-order valence-corrected chi connectivity index (χ4v) is 4.54. The number of hydrogen-bond donors (Lipinski definition) is 2. The van der Waals surface area contributed by atoms with Crippen LogP contribution in [0.4, 0.5) is 0 Å². The van der Waals surface area contributed by atoms with E-state index in [-0.39, 0.29) is 11.9 Å². The maximum atomic E-state index is 13.0. The second-order valence-corrected chi connectivity index (χ2v) is 9.21. The van der Waals surface area contributed by atoms with E-state index >= 15 is 0 Å². The SMILES string of the molecule is CCC(=O)CCCCC[C@H](NC(=O)C[N+]1=Cc2ccccc2CC1)c1ncc(-c2ccccc2)[nH]1. The Hall–Kier alpha value is -3.54. The van der Waals surface area contributed by atoms with Gasteiger partial charge in [0.1, 0.15) is 18.2 Å². The van der Waals surface area contributed by atoms with Gasteiger partial charge in [0.2, 0.25) is 6.54 Å². The van der Waals surface area contributed by atoms with Gasteiger partial charge in [-0.05, 0) is 30.0 Å². The van der Waals surface area contributed by atoms with Gasteiger partial charge in [0.25, 0.3) is 5.91 Å². The molecule has 0 fully saturated rings. The molecule has 4 rings (SSSR count). The van der Waals surface area contributed by atoms with Crippen LogP contribution in [0.3, 0.4) is 0 Å². The van der Waals surface area contributed by atoms with Gasteiger partial charge in [0.15, 0.2) is 6.21 Å². The average molecular weight is 472 g/mol. The van der Waals surface area contributed by atoms with Gasteiger partial charge in [0, 0.05) is 24.8 Å². The number of nitrogens with zero attached hydrogens (tertiary/aromatic N) is 2. The minimum Gasteiger partial charge on any atom is -0.341 e. The Balaban J connectivity index is 1.41. The zero-order valence-electron chi connectivity index (χ0n) is 20.5. The van der Waals surface area contributed by atoms with Gasteiger partial charge in [-0.1, -0.05) is 68.3 Å². The Morgan fingerprint density at radius 3 is 2.69 bits per heavy atom. The van der Waals surface area contributed by atoms with Gasteiger partial charge in [-0.2, -0.15) is 0 Å². The summed E-state index contributed by atoms with van der Waals surface area (Å²) in [4.78, 5) is 32.7. The number of aromatic amines is 1. The van der Waals surface area contributed by atoms with Crippen molar-refractivity contribution in [3.05, 3.63) is 77.7 Å². The molecule has 1 aliphatic heterocycles. The molecule has 1 aliphatic rings. The molecular formula is C29H35N4O2+. The lowest BCUT2D eigenvalue weighted by atomic mass is 10.0. The van der Waals surface area contributed by atoms with Crippen molar-refractivity contribution in [2.24, 2.45) is 0 Å². The quantitative estimate of drug-likeness (QED) is 0.293. The maximum Gasteiger partial charge on any atom is 0.286 e. The first-order valence-electron chi connectivity index (χ1n) is 12.7. The molecule has 0 aliphatic carbocycles. The van der Waals surface area contributed by atoms with Crippen LogP contribution in [0.2, 0.25) is 0 Å². The molecule has 0 saturated carbocycles. The lowest BCUT2D eigenvalue weighted by Gasteiger charge is -2.17. The van der Waals surface area contributed by atoms with Gasteiger partial charge in [-0.25, -0.2) is 9.56 Å². The van der Waals surface area contributed by atoms with Crippen LogP contribution in [0.25, 0.3) is 11.3 Å². The fourth-order valence-electron chi connectivity index (χ4n) is 4.54. The summed E-state index contributed by atoms with van der Waals surface area (Å²) < 4.78 is 2.09. The molecule has 0 bridgehead atoms. The lowest BCUT2D eigenvalue weighted by Crippen LogP contribution is -2.37. The highest BCUT2D eigenvalue weighted by Crippen LogP contribution is 2.22. The molecular weight excluding hydrogens is 436 g/mol. The topological polar surface area (TPSA) is 77.9 Å². The van der Waals surface area contributed by atoms with Crippen LogP contribution in [-0.4, -0.2) is 45.5 Å². The highest BCUT2D eigenvalue weighted by Gasteiger charge is 2.23. The Morgan fingerprint density at radius 2 is 1.86 bits per heavy atom. The van der Waals surface area contributed by atoms with Crippen molar-refractivity contribution < 1.29 is 14.2 Å². The molecule has 182 valence electrons. The molecule has 2 aromatic carbocycles. The largest absolute Gasteiger partial charge is 0.341 e. The van der Waals surface area contributed by atoms with Crippen molar-refractivity contribution in [2.45, 2.75) is 57.9 Å². The molecule has 0 saturated heterocycles. The minimum atomic E-state index is -0.195. The Bertz CT molecular complexity index is 1170. The molecule has 6 heteroatoms. The van der Waals surface area contributed by atoms with E-state index in [2.05, 4.69) is 44.3 Å². The summed E-state index contributed by atoms with van der Waals surface area (Å²) >= 11 is 0. The predicted molar refractivity (Wildman–Crippen MR) is 139 cm³/mol. The number of nitrogens with one attached hydrogen (secondary N) is 2. The molecule has 0 unspecified atom stereocenters. The maximum absolute atomic E-state index is 13.0. The number of rotatable bonds is 12. The molecule has 0 radical (unpaired) electrons. The number of aromatic nitrogens is 2. The van der Waals surface area contributed by atoms with Crippen LogP contribution in [0.15, 0.2) is 60.8 Å². The third kappa shape index (κ3) is 6.98. The Kier molecular flexibility index (Phi) is 8.60. The first-order valence-corrected chi connectivity index (χ1v) is 12.7. The number of imidazole rings is 1. The summed E-state index contributed by atoms with van der Waals surface area (Å²) in [6.45, 7) is 3.06. The zero-order chi connectivity index (χ0) is 24.5. The van der Waals surface area contributed by atoms with Crippen molar-refractivity contribution in [3.63, 3.8) is 0 Å². The molecule has 2 heterocycles. The zero-order valence-corrected chi connectivity index (χ0v) is 20.5. The lowest BCUT2D eigenvalue weighted by molar-refractivity contribution is -0.512. The molecule has 35 heavy (non-hydrogen) atoms. The molecule has 3 aromatic rings. The standard InChI is InChI=1S/C29H34N4O2/c1-2-25(34)15-7-4-8-16-26(29-30-19-27(32-29)23-12-5-3-6-13-23)31-28(35)21-33-18-17-22-11-9-10-14-24(22)20-33/h3,5-6,9-14,19-20,26H,2,4,7-8,15-18,21H2,1H3,(H-,30,31,32,35)/p+1/t26-/m0/s1. The molecule has 1 aromatic heterocycles. The van der Waals surface area contributed by atoms with Crippen molar-refractivity contribution in [1.29, 1.82) is 0 Å². The summed E-state index contributed by atoms with van der Waals surface area (Å²) in [7, 11) is 0. The van der Waals surface area contributed by atoms with Gasteiger partial charge >= 0.3 is 0 Å². The highest BCUT2D eigenvalue weighted by atomic mass is 16.2. The predicted octanol–water partition coefficient (Wildman–Crippen LogP) is 4.85. The van der Waals surface area contributed by atoms with E-state index in [4.69, 9.17) is 0 Å². The number of unbranched alkanes of at least 4 members (excludes halogenated alkanes) is 2. The fraction of sp³-hybridized carbons (Fsp3) is 0.379. The number of H-pyrrole nitrogens is 1. The number of Topliss-reactive ketones (excluding diaryl/α,β-unsaturated/α-hetero) is 1. The number of amides is 1. The third-order valence-electron chi connectivity index (χ3n) is 6.58. The van der Waals surface area contributed by atoms with E-state index in [0.29, 0.717) is 25.2 Å². The second-order valence-electron chi connectivity index (χ2n) is 9.21. The normalized spacial score (nSPS) is 13.6. The molecule has 1 atom stereocenters. The van der Waals surface area contributed by atoms with Crippen molar-refractivity contribution in [3.8, 4) is 11.3 Å². The Morgan fingerprint density at radius 1 is 1.06 bits per heavy atom. The number of carbonyl (C=O) groups is 2. The number of benzene rings is 2. The van der Waals surface area contributed by atoms with Gasteiger partial charge in [-0.3, -0.25) is 9.59 Å². The van der Waals surface area contributed by atoms with E-state index < -0.39 is 0 Å². The summed E-state index contributed by atoms with van der Waals surface area (Å²) in [6, 6.07) is 18.2. The second kappa shape index (κ2) is 12.2. The first kappa shape index (κ1) is 24.6. The van der Waals surface area contributed by atoms with Gasteiger partial charge in [-0.15, -0.1) is 0 Å². The number of hydrogen-bond acceptors (Lipinski definition) is 3. The number of ketones is 1. The summed E-state index contributed by atoms with van der Waals surface area (Å²) in [5.74, 6) is 1.08. The smallest absolute Gasteiger partial charge is 0.286 e. The van der Waals surface area contributed by atoms with E-state index in [1.165, 1.54) is 11.1 Å². The molecule has 1 amide bonds. The summed E-state index contributed by atoms with van der Waals surface area (Å²) in [5.41, 5.74) is 4.52. The minimum absolute atomic E-state index is 0.00977. The van der Waals surface area contributed by atoms with Crippen molar-refractivity contribution >= 4 is 17.9 Å². The number of carbonyl (C=O) groups excluding carboxylic acids is 2. The number of fused-ring (bicyclic) bond motifs is 1. The van der Waals surface area contributed by atoms with Crippen LogP contribution < -0.4 is 5.32 Å². The molecule has 0 spiro atoms. The van der Waals surface area contributed by atoms with E-state index in [1.807, 2.05) is 49.5 Å². The van der Waals surface area contributed by atoms with Gasteiger partial charge < -0.3 is 10.3 Å². The Labute approximate surface area is 207 Å². The average Bonchev–Trinajstić information content (AvgIpc) is 3.38. The molecule has 2 N–H and O–H groups in total. The monoisotopic (exact) mass is 471 g/mol. The van der Waals surface area contributed by atoms with Crippen molar-refractivity contribution in [2.75, 3.05) is 13.1 Å². The van der Waals surface area contributed by atoms with Crippen LogP contribution in [0.1, 0.15) is 68.4 Å². The van der Waals surface area contributed by atoms with Crippen LogP contribution >= 0.6 is 0 Å². The summed E-state index contributed by atoms with van der Waals surface area (Å²) in [6.07, 6.45) is 9.65. The highest BCUT2D eigenvalue weighted by molar-refractivity contribution is 5.81. The van der Waals surface area contributed by atoms with E-state index in [9.17, 15) is 9.59 Å². The van der Waals surface area contributed by atoms with Gasteiger partial charge in [0.05, 0.1) is 17.9 Å². The van der Waals surface area contributed by atoms with Crippen LogP contribution in [-0.2, 0) is 16.0 Å². The van der Waals surface area contributed by atoms with E-state index in [1.54, 1.807) is 0 Å². The summed E-state index contributed by atoms with van der Waals surface area (Å²) in [5, 5.41) is 3.22. The first-order chi connectivity index (χ1) is 17.1. The van der Waals surface area contributed by atoms with Crippen LogP contribution in [0, 0.1) is 0 Å². The van der Waals surface area contributed by atoms with Crippen molar-refractivity contribution in [1.82, 2.24) is 15.3 Å². The molecule has 6 nitrogen and oxygen atoms in total. The third-order valence-corrected chi connectivity index (χ3v) is 6.58.